The zero-order valence-electron chi connectivity index (χ0n) is 9.07. The molecule has 1 aromatic rings. The van der Waals surface area contributed by atoms with Gasteiger partial charge in [0.05, 0.1) is 30.1 Å². The minimum Gasteiger partial charge on any atom is -0.467 e. The summed E-state index contributed by atoms with van der Waals surface area (Å²) in [5.41, 5.74) is 0.615. The van der Waals surface area contributed by atoms with Gasteiger partial charge in [-0.05, 0) is 5.92 Å². The molecule has 1 heterocycles. The van der Waals surface area contributed by atoms with Gasteiger partial charge in [-0.1, -0.05) is 25.4 Å². The van der Waals surface area contributed by atoms with Gasteiger partial charge < -0.3 is 9.84 Å². The molecule has 1 atom stereocenters. The molecule has 0 radical (unpaired) electrons. The Hall–Kier alpha value is -0.870. The van der Waals surface area contributed by atoms with E-state index in [-0.39, 0.29) is 11.9 Å². The van der Waals surface area contributed by atoms with E-state index in [1.807, 2.05) is 13.8 Å². The van der Waals surface area contributed by atoms with Crippen LogP contribution in [0.25, 0.3) is 0 Å². The van der Waals surface area contributed by atoms with Crippen molar-refractivity contribution < 1.29 is 9.84 Å². The summed E-state index contributed by atoms with van der Waals surface area (Å²) in [6.45, 7) is 3.88. The summed E-state index contributed by atoms with van der Waals surface area (Å²) >= 11 is 5.91. The number of ether oxygens (including phenoxy) is 1. The summed E-state index contributed by atoms with van der Waals surface area (Å²) in [7, 11) is 1.49. The Morgan fingerprint density at radius 1 is 1.53 bits per heavy atom. The van der Waals surface area contributed by atoms with E-state index in [1.54, 1.807) is 0 Å². The molecule has 0 spiro atoms. The van der Waals surface area contributed by atoms with Crippen LogP contribution in [0, 0.1) is 5.92 Å². The molecule has 0 aliphatic rings. The quantitative estimate of drug-likeness (QED) is 0.856. The monoisotopic (exact) mass is 230 g/mol. The van der Waals surface area contributed by atoms with Gasteiger partial charge >= 0.3 is 6.01 Å². The van der Waals surface area contributed by atoms with Crippen molar-refractivity contribution in [3.8, 4) is 6.01 Å². The summed E-state index contributed by atoms with van der Waals surface area (Å²) in [6.07, 6.45) is 1.44. The third-order valence-corrected chi connectivity index (χ3v) is 2.46. The third-order valence-electron chi connectivity index (χ3n) is 2.15. The highest BCUT2D eigenvalue weighted by Gasteiger charge is 2.14. The predicted molar refractivity (Wildman–Crippen MR) is 58.1 cm³/mol. The van der Waals surface area contributed by atoms with Crippen molar-refractivity contribution in [1.82, 2.24) is 9.97 Å². The number of aliphatic hydroxyl groups is 1. The van der Waals surface area contributed by atoms with E-state index in [0.29, 0.717) is 17.1 Å². The Kier molecular flexibility index (Phi) is 4.29. The standard InChI is InChI=1S/C10H15ClN2O2/c1-6(2)9(14)4-8-7(11)5-12-10(13-8)15-3/h5-6,9,14H,4H2,1-3H3. The van der Waals surface area contributed by atoms with E-state index in [0.717, 1.165) is 0 Å². The summed E-state index contributed by atoms with van der Waals surface area (Å²) in [6, 6.07) is 0.269. The summed E-state index contributed by atoms with van der Waals surface area (Å²) in [5.74, 6) is 0.169. The van der Waals surface area contributed by atoms with Crippen molar-refractivity contribution in [2.24, 2.45) is 5.92 Å². The van der Waals surface area contributed by atoms with Gasteiger partial charge in [0.25, 0.3) is 0 Å². The average molecular weight is 231 g/mol. The lowest BCUT2D eigenvalue weighted by Crippen LogP contribution is -2.18. The van der Waals surface area contributed by atoms with E-state index < -0.39 is 6.10 Å². The molecule has 0 aliphatic heterocycles. The molecule has 0 amide bonds. The highest BCUT2D eigenvalue weighted by molar-refractivity contribution is 6.31. The first-order chi connectivity index (χ1) is 7.04. The summed E-state index contributed by atoms with van der Waals surface area (Å²) in [5, 5.41) is 10.2. The van der Waals surface area contributed by atoms with E-state index in [1.165, 1.54) is 13.3 Å². The lowest BCUT2D eigenvalue weighted by Gasteiger charge is -2.14. The normalized spacial score (nSPS) is 12.9. The molecule has 0 saturated heterocycles. The minimum atomic E-state index is -0.456. The lowest BCUT2D eigenvalue weighted by molar-refractivity contribution is 0.124. The third kappa shape index (κ3) is 3.32. The Morgan fingerprint density at radius 2 is 2.20 bits per heavy atom. The number of aromatic nitrogens is 2. The molecular formula is C10H15ClN2O2. The fourth-order valence-corrected chi connectivity index (χ4v) is 1.23. The number of nitrogens with zero attached hydrogens (tertiary/aromatic N) is 2. The molecule has 1 aromatic heterocycles. The van der Waals surface area contributed by atoms with Gasteiger partial charge in [-0.2, -0.15) is 4.98 Å². The Morgan fingerprint density at radius 3 is 2.73 bits per heavy atom. The van der Waals surface area contributed by atoms with Crippen LogP contribution in [0.15, 0.2) is 6.20 Å². The predicted octanol–water partition coefficient (Wildman–Crippen LogP) is 1.70. The van der Waals surface area contributed by atoms with Crippen LogP contribution in [-0.4, -0.2) is 28.3 Å². The van der Waals surface area contributed by atoms with Crippen LogP contribution in [-0.2, 0) is 6.42 Å². The van der Waals surface area contributed by atoms with Gasteiger partial charge in [-0.15, -0.1) is 0 Å². The van der Waals surface area contributed by atoms with E-state index in [2.05, 4.69) is 9.97 Å². The topological polar surface area (TPSA) is 55.2 Å². The molecule has 1 N–H and O–H groups in total. The van der Waals surface area contributed by atoms with Gasteiger partial charge in [-0.3, -0.25) is 0 Å². The second-order valence-corrected chi connectivity index (χ2v) is 4.07. The van der Waals surface area contributed by atoms with Crippen LogP contribution >= 0.6 is 11.6 Å². The first-order valence-corrected chi connectivity index (χ1v) is 5.16. The number of methoxy groups -OCH3 is 1. The van der Waals surface area contributed by atoms with Gasteiger partial charge in [0.2, 0.25) is 0 Å². The number of rotatable bonds is 4. The first-order valence-electron chi connectivity index (χ1n) is 4.78. The van der Waals surface area contributed by atoms with Crippen LogP contribution in [0.1, 0.15) is 19.5 Å². The molecule has 0 fully saturated rings. The van der Waals surface area contributed by atoms with Crippen molar-refractivity contribution in [2.75, 3.05) is 7.11 Å². The second-order valence-electron chi connectivity index (χ2n) is 3.67. The maximum atomic E-state index is 9.71. The highest BCUT2D eigenvalue weighted by atomic mass is 35.5. The van der Waals surface area contributed by atoms with Crippen molar-refractivity contribution in [3.63, 3.8) is 0 Å². The van der Waals surface area contributed by atoms with Crippen LogP contribution in [0.3, 0.4) is 0 Å². The summed E-state index contributed by atoms with van der Waals surface area (Å²) < 4.78 is 4.89. The molecule has 15 heavy (non-hydrogen) atoms. The fourth-order valence-electron chi connectivity index (χ4n) is 1.06. The molecular weight excluding hydrogens is 216 g/mol. The van der Waals surface area contributed by atoms with E-state index >= 15 is 0 Å². The summed E-state index contributed by atoms with van der Waals surface area (Å²) in [4.78, 5) is 7.95. The zero-order chi connectivity index (χ0) is 11.4. The Bertz CT molecular complexity index is 331. The highest BCUT2D eigenvalue weighted by Crippen LogP contribution is 2.18. The molecule has 0 bridgehead atoms. The van der Waals surface area contributed by atoms with E-state index in [4.69, 9.17) is 16.3 Å². The molecule has 4 nitrogen and oxygen atoms in total. The zero-order valence-corrected chi connectivity index (χ0v) is 9.82. The number of halogens is 1. The van der Waals surface area contributed by atoms with Gasteiger partial charge in [0, 0.05) is 6.42 Å². The Balaban J connectivity index is 2.83. The van der Waals surface area contributed by atoms with Crippen molar-refractivity contribution in [1.29, 1.82) is 0 Å². The van der Waals surface area contributed by atoms with Gasteiger partial charge in [0.15, 0.2) is 0 Å². The number of aliphatic hydroxyl groups excluding tert-OH is 1. The van der Waals surface area contributed by atoms with Crippen molar-refractivity contribution in [2.45, 2.75) is 26.4 Å². The van der Waals surface area contributed by atoms with Crippen LogP contribution < -0.4 is 4.74 Å². The molecule has 84 valence electrons. The van der Waals surface area contributed by atoms with Crippen molar-refractivity contribution in [3.05, 3.63) is 16.9 Å². The van der Waals surface area contributed by atoms with Gasteiger partial charge in [-0.25, -0.2) is 4.98 Å². The van der Waals surface area contributed by atoms with Gasteiger partial charge in [0.1, 0.15) is 0 Å². The number of hydrogen-bond donors (Lipinski definition) is 1. The second kappa shape index (κ2) is 5.28. The van der Waals surface area contributed by atoms with E-state index in [9.17, 15) is 5.11 Å². The molecule has 1 unspecified atom stereocenters. The molecule has 0 aliphatic carbocycles. The minimum absolute atomic E-state index is 0.169. The number of hydrogen-bond acceptors (Lipinski definition) is 4. The SMILES string of the molecule is COc1ncc(Cl)c(CC(O)C(C)C)n1. The van der Waals surface area contributed by atoms with Crippen LogP contribution in [0.4, 0.5) is 0 Å². The lowest BCUT2D eigenvalue weighted by atomic mass is 10.0. The smallest absolute Gasteiger partial charge is 0.316 e. The Labute approximate surface area is 94.3 Å². The maximum Gasteiger partial charge on any atom is 0.316 e. The molecule has 1 rings (SSSR count). The largest absolute Gasteiger partial charge is 0.467 e. The van der Waals surface area contributed by atoms with Crippen LogP contribution in [0.5, 0.6) is 6.01 Å². The molecule has 0 saturated carbocycles. The first kappa shape index (κ1) is 12.2. The maximum absolute atomic E-state index is 9.71. The van der Waals surface area contributed by atoms with Crippen molar-refractivity contribution >= 4 is 11.6 Å². The molecule has 5 heteroatoms. The average Bonchev–Trinajstić information content (AvgIpc) is 2.21. The fraction of sp³-hybridized carbons (Fsp3) is 0.600. The molecule has 0 aromatic carbocycles. The van der Waals surface area contributed by atoms with Crippen LogP contribution in [0.2, 0.25) is 5.02 Å².